The second-order valence-electron chi connectivity index (χ2n) is 6.07. The smallest absolute Gasteiger partial charge is 0.324 e. The van der Waals surface area contributed by atoms with E-state index in [0.717, 1.165) is 4.90 Å². The van der Waals surface area contributed by atoms with Crippen molar-refractivity contribution < 1.29 is 24.2 Å². The lowest BCUT2D eigenvalue weighted by atomic mass is 10.1. The van der Waals surface area contributed by atoms with Gasteiger partial charge in [0.25, 0.3) is 5.91 Å². The molecule has 0 unspecified atom stereocenters. The molecule has 1 aromatic carbocycles. The quantitative estimate of drug-likeness (QED) is 0.724. The van der Waals surface area contributed by atoms with Gasteiger partial charge in [-0.3, -0.25) is 14.5 Å². The summed E-state index contributed by atoms with van der Waals surface area (Å²) in [5.41, 5.74) is 0.621. The zero-order valence-corrected chi connectivity index (χ0v) is 13.8. The Morgan fingerprint density at radius 3 is 2.60 bits per heavy atom. The van der Waals surface area contributed by atoms with E-state index in [9.17, 15) is 19.5 Å². The predicted octanol–water partition coefficient (Wildman–Crippen LogP) is -0.111. The Bertz CT molecular complexity index is 645. The van der Waals surface area contributed by atoms with Crippen LogP contribution in [0.1, 0.15) is 18.1 Å². The molecule has 2 saturated heterocycles. The van der Waals surface area contributed by atoms with Gasteiger partial charge >= 0.3 is 6.03 Å². The van der Waals surface area contributed by atoms with Crippen LogP contribution in [0.4, 0.5) is 4.79 Å². The number of benzene rings is 1. The van der Waals surface area contributed by atoms with E-state index in [1.54, 1.807) is 29.2 Å². The van der Waals surface area contributed by atoms with Crippen molar-refractivity contribution in [2.75, 3.05) is 32.8 Å². The number of nitrogens with one attached hydrogen (secondary N) is 1. The maximum atomic E-state index is 12.4. The van der Waals surface area contributed by atoms with E-state index in [1.807, 2.05) is 6.07 Å². The van der Waals surface area contributed by atoms with Crippen LogP contribution in [0.2, 0.25) is 0 Å². The number of imide groups is 1. The lowest BCUT2D eigenvalue weighted by Crippen LogP contribution is -2.44. The van der Waals surface area contributed by atoms with Crippen LogP contribution in [0, 0.1) is 0 Å². The minimum Gasteiger partial charge on any atom is -0.387 e. The van der Waals surface area contributed by atoms with Gasteiger partial charge in [0.05, 0.1) is 32.3 Å². The van der Waals surface area contributed by atoms with Gasteiger partial charge in [0.1, 0.15) is 6.04 Å². The molecule has 25 heavy (non-hydrogen) atoms. The van der Waals surface area contributed by atoms with Gasteiger partial charge in [0, 0.05) is 13.1 Å². The first-order valence-corrected chi connectivity index (χ1v) is 8.26. The molecular weight excluding hydrogens is 326 g/mol. The lowest BCUT2D eigenvalue weighted by molar-refractivity contribution is -0.138. The molecule has 0 aliphatic carbocycles. The first-order chi connectivity index (χ1) is 12.1. The molecule has 2 aliphatic rings. The van der Waals surface area contributed by atoms with Crippen LogP contribution in [0.3, 0.4) is 0 Å². The number of ether oxygens (including phenoxy) is 1. The van der Waals surface area contributed by atoms with Crippen LogP contribution in [-0.2, 0) is 14.3 Å². The molecule has 0 spiro atoms. The van der Waals surface area contributed by atoms with Crippen molar-refractivity contribution >= 4 is 17.8 Å². The molecule has 2 atom stereocenters. The van der Waals surface area contributed by atoms with E-state index in [2.05, 4.69) is 5.32 Å². The number of aliphatic hydroxyl groups excluding tert-OH is 1. The number of hydrogen-bond acceptors (Lipinski definition) is 5. The number of hydrogen-bond donors (Lipinski definition) is 2. The topological polar surface area (TPSA) is 99.2 Å². The standard InChI is InChI=1S/C17H21N3O5/c21-14(12-4-2-1-3-5-12)11-20-16(23)13(18-17(20)24)10-15(22)19-6-8-25-9-7-19/h1-5,13-14,21H,6-11H2,(H,18,24)/t13-,14+/m1/s1. The van der Waals surface area contributed by atoms with Crippen LogP contribution >= 0.6 is 0 Å². The zero-order valence-electron chi connectivity index (χ0n) is 13.8. The van der Waals surface area contributed by atoms with Crippen LogP contribution in [0.25, 0.3) is 0 Å². The van der Waals surface area contributed by atoms with Crippen molar-refractivity contribution in [3.8, 4) is 0 Å². The Hall–Kier alpha value is -2.45. The predicted molar refractivity (Wildman–Crippen MR) is 87.5 cm³/mol. The van der Waals surface area contributed by atoms with E-state index in [1.165, 1.54) is 0 Å². The monoisotopic (exact) mass is 347 g/mol. The highest BCUT2D eigenvalue weighted by Gasteiger charge is 2.40. The number of aliphatic hydroxyl groups is 1. The van der Waals surface area contributed by atoms with Gasteiger partial charge in [-0.1, -0.05) is 30.3 Å². The van der Waals surface area contributed by atoms with Crippen molar-refractivity contribution in [2.24, 2.45) is 0 Å². The minimum atomic E-state index is -0.968. The van der Waals surface area contributed by atoms with Crippen molar-refractivity contribution in [1.29, 1.82) is 0 Å². The highest BCUT2D eigenvalue weighted by atomic mass is 16.5. The molecule has 4 amide bonds. The molecule has 8 heteroatoms. The van der Waals surface area contributed by atoms with Crippen molar-refractivity contribution in [2.45, 2.75) is 18.6 Å². The number of β-amino-alcohol motifs (C(OH)–C–C–N with tert-alkyl or cyclic N) is 1. The molecular formula is C17H21N3O5. The summed E-state index contributed by atoms with van der Waals surface area (Å²) in [5, 5.41) is 12.8. The largest absolute Gasteiger partial charge is 0.387 e. The molecule has 1 aromatic rings. The van der Waals surface area contributed by atoms with Crippen LogP contribution < -0.4 is 5.32 Å². The number of carbonyl (C=O) groups is 3. The summed E-state index contributed by atoms with van der Waals surface area (Å²) in [5.74, 6) is -0.672. The molecule has 0 radical (unpaired) electrons. The third kappa shape index (κ3) is 3.97. The van der Waals surface area contributed by atoms with Gasteiger partial charge in [-0.15, -0.1) is 0 Å². The average molecular weight is 347 g/mol. The first kappa shape index (κ1) is 17.4. The molecule has 0 aromatic heterocycles. The molecule has 2 fully saturated rings. The van der Waals surface area contributed by atoms with Gasteiger partial charge in [-0.2, -0.15) is 0 Å². The second-order valence-corrected chi connectivity index (χ2v) is 6.07. The number of amides is 4. The maximum absolute atomic E-state index is 12.4. The molecule has 2 heterocycles. The molecule has 0 saturated carbocycles. The Labute approximate surface area is 145 Å². The molecule has 3 rings (SSSR count). The number of nitrogens with zero attached hydrogens (tertiary/aromatic N) is 2. The number of carbonyl (C=O) groups excluding carboxylic acids is 3. The van der Waals surface area contributed by atoms with Crippen molar-refractivity contribution in [1.82, 2.24) is 15.1 Å². The van der Waals surface area contributed by atoms with E-state index in [4.69, 9.17) is 4.74 Å². The highest BCUT2D eigenvalue weighted by molar-refractivity contribution is 6.05. The highest BCUT2D eigenvalue weighted by Crippen LogP contribution is 2.18. The Morgan fingerprint density at radius 2 is 1.92 bits per heavy atom. The van der Waals surface area contributed by atoms with Gasteiger partial charge in [-0.25, -0.2) is 4.79 Å². The fourth-order valence-corrected chi connectivity index (χ4v) is 2.96. The Balaban J connectivity index is 1.59. The normalized spacial score (nSPS) is 22.0. The van der Waals surface area contributed by atoms with Crippen LogP contribution in [0.15, 0.2) is 30.3 Å². The van der Waals surface area contributed by atoms with Crippen LogP contribution in [-0.4, -0.2) is 71.6 Å². The third-order valence-corrected chi connectivity index (χ3v) is 4.39. The fourth-order valence-electron chi connectivity index (χ4n) is 2.96. The van der Waals surface area contributed by atoms with Gasteiger partial charge < -0.3 is 20.1 Å². The van der Waals surface area contributed by atoms with Crippen molar-refractivity contribution in [3.05, 3.63) is 35.9 Å². The summed E-state index contributed by atoms with van der Waals surface area (Å²) in [6.07, 6.45) is -1.05. The summed E-state index contributed by atoms with van der Waals surface area (Å²) >= 11 is 0. The summed E-state index contributed by atoms with van der Waals surface area (Å²) < 4.78 is 5.19. The molecule has 2 N–H and O–H groups in total. The maximum Gasteiger partial charge on any atom is 0.324 e. The van der Waals surface area contributed by atoms with Gasteiger partial charge in [0.2, 0.25) is 5.91 Å². The summed E-state index contributed by atoms with van der Waals surface area (Å²) in [7, 11) is 0. The molecule has 134 valence electrons. The summed E-state index contributed by atoms with van der Waals surface area (Å²) in [6, 6.07) is 7.34. The summed E-state index contributed by atoms with van der Waals surface area (Å²) in [6.45, 7) is 1.80. The van der Waals surface area contributed by atoms with Crippen LogP contribution in [0.5, 0.6) is 0 Å². The Morgan fingerprint density at radius 1 is 1.24 bits per heavy atom. The first-order valence-electron chi connectivity index (χ1n) is 8.26. The molecule has 0 bridgehead atoms. The lowest BCUT2D eigenvalue weighted by Gasteiger charge is -2.27. The van der Waals surface area contributed by atoms with Gasteiger partial charge in [-0.05, 0) is 5.56 Å². The zero-order chi connectivity index (χ0) is 17.8. The van der Waals surface area contributed by atoms with E-state index in [0.29, 0.717) is 31.9 Å². The van der Waals surface area contributed by atoms with E-state index >= 15 is 0 Å². The van der Waals surface area contributed by atoms with E-state index < -0.39 is 24.1 Å². The van der Waals surface area contributed by atoms with Crippen molar-refractivity contribution in [3.63, 3.8) is 0 Å². The van der Waals surface area contributed by atoms with E-state index in [-0.39, 0.29) is 18.9 Å². The fraction of sp³-hybridized carbons (Fsp3) is 0.471. The SMILES string of the molecule is O=C(C[C@H]1NC(=O)N(C[C@H](O)c2ccccc2)C1=O)N1CCOCC1. The third-order valence-electron chi connectivity index (χ3n) is 4.39. The summed E-state index contributed by atoms with van der Waals surface area (Å²) in [4.78, 5) is 39.3. The molecule has 8 nitrogen and oxygen atoms in total. The molecule has 2 aliphatic heterocycles. The number of urea groups is 1. The number of morpholine rings is 1. The average Bonchev–Trinajstić information content (AvgIpc) is 2.90. The Kier molecular flexibility index (Phi) is 5.30. The minimum absolute atomic E-state index is 0.0808. The van der Waals surface area contributed by atoms with Gasteiger partial charge in [0.15, 0.2) is 0 Å². The number of rotatable bonds is 5. The second kappa shape index (κ2) is 7.62.